The Morgan fingerprint density at radius 2 is 2.07 bits per heavy atom. The van der Waals surface area contributed by atoms with Crippen LogP contribution in [0.25, 0.3) is 0 Å². The second kappa shape index (κ2) is 9.52. The molecule has 0 spiro atoms. The van der Waals surface area contributed by atoms with E-state index in [4.69, 9.17) is 33.3 Å². The zero-order valence-corrected chi connectivity index (χ0v) is 17.3. The number of nitrogens with one attached hydrogen (secondary N) is 1. The zero-order chi connectivity index (χ0) is 19.9. The first kappa shape index (κ1) is 20.1. The van der Waals surface area contributed by atoms with Gasteiger partial charge in [0.05, 0.1) is 13.3 Å². The van der Waals surface area contributed by atoms with E-state index >= 15 is 0 Å². The van der Waals surface area contributed by atoms with Crippen molar-refractivity contribution in [3.63, 3.8) is 0 Å². The van der Waals surface area contributed by atoms with Crippen molar-refractivity contribution in [2.75, 3.05) is 7.11 Å². The standard InChI is InChI=1S/C20H21ClN4O2S/c1-3-6-19-23-24-20(28)25(19)22-12-14-9-10-17(18(11-14)26-2)27-13-15-7-4-5-8-16(15)21/h4-5,7-12H,3,6,13H2,1-2H3,(H,24,28)/b22-12-. The number of benzene rings is 2. The van der Waals surface area contributed by atoms with Crippen LogP contribution in [0.1, 0.15) is 30.3 Å². The van der Waals surface area contributed by atoms with Crippen LogP contribution in [-0.4, -0.2) is 28.2 Å². The lowest BCUT2D eigenvalue weighted by Crippen LogP contribution is -2.00. The Morgan fingerprint density at radius 3 is 2.82 bits per heavy atom. The molecule has 0 fully saturated rings. The van der Waals surface area contributed by atoms with Crippen LogP contribution in [0.5, 0.6) is 11.5 Å². The minimum absolute atomic E-state index is 0.355. The lowest BCUT2D eigenvalue weighted by molar-refractivity contribution is 0.284. The lowest BCUT2D eigenvalue weighted by Gasteiger charge is -2.12. The minimum Gasteiger partial charge on any atom is -0.493 e. The number of halogens is 1. The van der Waals surface area contributed by atoms with Gasteiger partial charge >= 0.3 is 0 Å². The third-order valence-electron chi connectivity index (χ3n) is 4.04. The van der Waals surface area contributed by atoms with E-state index in [1.807, 2.05) is 42.5 Å². The number of hydrogen-bond acceptors (Lipinski definition) is 5. The maximum Gasteiger partial charge on any atom is 0.216 e. The maximum absolute atomic E-state index is 6.18. The quantitative estimate of drug-likeness (QED) is 0.413. The van der Waals surface area contributed by atoms with Crippen LogP contribution in [0.2, 0.25) is 5.02 Å². The monoisotopic (exact) mass is 416 g/mol. The molecule has 0 aliphatic heterocycles. The summed E-state index contributed by atoms with van der Waals surface area (Å²) in [6.07, 6.45) is 3.47. The predicted octanol–water partition coefficient (Wildman–Crippen LogP) is 5.02. The Kier molecular flexibility index (Phi) is 6.84. The SMILES string of the molecule is CCCc1n[nH]c(=S)n1/N=C\c1ccc(OCc2ccccc2Cl)c(OC)c1. The van der Waals surface area contributed by atoms with Crippen molar-refractivity contribution in [1.82, 2.24) is 14.9 Å². The summed E-state index contributed by atoms with van der Waals surface area (Å²) in [6, 6.07) is 13.2. The number of rotatable bonds is 8. The molecule has 28 heavy (non-hydrogen) atoms. The molecule has 6 nitrogen and oxygen atoms in total. The van der Waals surface area contributed by atoms with E-state index in [-0.39, 0.29) is 0 Å². The second-order valence-corrected chi connectivity index (χ2v) is 6.84. The molecule has 1 heterocycles. The highest BCUT2D eigenvalue weighted by Gasteiger charge is 2.08. The average molecular weight is 417 g/mol. The summed E-state index contributed by atoms with van der Waals surface area (Å²) in [7, 11) is 1.60. The summed E-state index contributed by atoms with van der Waals surface area (Å²) < 4.78 is 13.4. The normalized spacial score (nSPS) is 11.1. The third-order valence-corrected chi connectivity index (χ3v) is 4.67. The summed E-state index contributed by atoms with van der Waals surface area (Å²) in [4.78, 5) is 0. The molecule has 2 aromatic carbocycles. The predicted molar refractivity (Wildman–Crippen MR) is 113 cm³/mol. The minimum atomic E-state index is 0.355. The van der Waals surface area contributed by atoms with Crippen LogP contribution in [-0.2, 0) is 13.0 Å². The Morgan fingerprint density at radius 1 is 1.25 bits per heavy atom. The van der Waals surface area contributed by atoms with Gasteiger partial charge in [0.2, 0.25) is 4.77 Å². The lowest BCUT2D eigenvalue weighted by atomic mass is 10.2. The van der Waals surface area contributed by atoms with E-state index < -0.39 is 0 Å². The van der Waals surface area contributed by atoms with Gasteiger partial charge in [-0.25, -0.2) is 0 Å². The van der Waals surface area contributed by atoms with E-state index in [9.17, 15) is 0 Å². The number of ether oxygens (including phenoxy) is 2. The number of hydrogen-bond donors (Lipinski definition) is 1. The fourth-order valence-corrected chi connectivity index (χ4v) is 3.00. The maximum atomic E-state index is 6.18. The van der Waals surface area contributed by atoms with Gasteiger partial charge in [0, 0.05) is 17.0 Å². The van der Waals surface area contributed by atoms with Crippen molar-refractivity contribution >= 4 is 30.0 Å². The fraction of sp³-hybridized carbons (Fsp3) is 0.250. The van der Waals surface area contributed by atoms with Crippen LogP contribution in [0.4, 0.5) is 0 Å². The van der Waals surface area contributed by atoms with Crippen molar-refractivity contribution in [2.24, 2.45) is 5.10 Å². The Bertz CT molecular complexity index is 1030. The Labute approximate surface area is 173 Å². The second-order valence-electron chi connectivity index (χ2n) is 6.04. The van der Waals surface area contributed by atoms with Crippen LogP contribution in [0.15, 0.2) is 47.6 Å². The molecule has 146 valence electrons. The van der Waals surface area contributed by atoms with Gasteiger partial charge in [-0.2, -0.15) is 14.9 Å². The molecular formula is C20H21ClN4O2S. The van der Waals surface area contributed by atoms with Crippen LogP contribution in [0, 0.1) is 4.77 Å². The third kappa shape index (κ3) is 4.79. The number of aromatic amines is 1. The summed E-state index contributed by atoms with van der Waals surface area (Å²) in [5.41, 5.74) is 1.77. The molecular weight excluding hydrogens is 396 g/mol. The van der Waals surface area contributed by atoms with E-state index in [1.165, 1.54) is 0 Å². The van der Waals surface area contributed by atoms with E-state index in [0.29, 0.717) is 27.9 Å². The average Bonchev–Trinajstić information content (AvgIpc) is 3.05. The largest absolute Gasteiger partial charge is 0.493 e. The van der Waals surface area contributed by atoms with Crippen molar-refractivity contribution in [1.29, 1.82) is 0 Å². The number of aryl methyl sites for hydroxylation is 1. The molecule has 0 amide bonds. The number of nitrogens with zero attached hydrogens (tertiary/aromatic N) is 3. The van der Waals surface area contributed by atoms with E-state index in [0.717, 1.165) is 29.8 Å². The van der Waals surface area contributed by atoms with Gasteiger partial charge in [0.25, 0.3) is 0 Å². The van der Waals surface area contributed by atoms with Gasteiger partial charge in [-0.15, -0.1) is 0 Å². The first-order valence-corrected chi connectivity index (χ1v) is 9.66. The molecule has 0 saturated heterocycles. The van der Waals surface area contributed by atoms with Gasteiger partial charge in [-0.05, 0) is 48.5 Å². The van der Waals surface area contributed by atoms with Crippen molar-refractivity contribution in [3.8, 4) is 11.5 Å². The van der Waals surface area contributed by atoms with Gasteiger partial charge < -0.3 is 9.47 Å². The van der Waals surface area contributed by atoms with Crippen LogP contribution in [0.3, 0.4) is 0 Å². The topological polar surface area (TPSA) is 64.4 Å². The van der Waals surface area contributed by atoms with Crippen LogP contribution < -0.4 is 9.47 Å². The van der Waals surface area contributed by atoms with E-state index in [2.05, 4.69) is 22.2 Å². The summed E-state index contributed by atoms with van der Waals surface area (Å²) in [6.45, 7) is 2.44. The van der Waals surface area contributed by atoms with Gasteiger partial charge in [0.1, 0.15) is 6.61 Å². The first-order valence-electron chi connectivity index (χ1n) is 8.87. The summed E-state index contributed by atoms with van der Waals surface area (Å²) in [5.74, 6) is 2.04. The summed E-state index contributed by atoms with van der Waals surface area (Å²) in [5, 5.41) is 12.1. The molecule has 0 radical (unpaired) electrons. The first-order chi connectivity index (χ1) is 13.6. The highest BCUT2D eigenvalue weighted by Crippen LogP contribution is 2.29. The molecule has 1 aromatic heterocycles. The Hall–Kier alpha value is -2.64. The highest BCUT2D eigenvalue weighted by atomic mass is 35.5. The van der Waals surface area contributed by atoms with Gasteiger partial charge in [-0.1, -0.05) is 36.7 Å². The molecule has 3 rings (SSSR count). The molecule has 0 aliphatic rings. The fourth-order valence-electron chi connectivity index (χ4n) is 2.61. The number of H-pyrrole nitrogens is 1. The van der Waals surface area contributed by atoms with Gasteiger partial charge in [-0.3, -0.25) is 5.10 Å². The molecule has 1 N–H and O–H groups in total. The molecule has 0 saturated carbocycles. The van der Waals surface area contributed by atoms with Gasteiger partial charge in [0.15, 0.2) is 17.3 Å². The Balaban J connectivity index is 1.77. The molecule has 0 atom stereocenters. The smallest absolute Gasteiger partial charge is 0.216 e. The summed E-state index contributed by atoms with van der Waals surface area (Å²) >= 11 is 11.4. The molecule has 3 aromatic rings. The molecule has 0 aliphatic carbocycles. The highest BCUT2D eigenvalue weighted by molar-refractivity contribution is 7.71. The number of aromatic nitrogens is 3. The molecule has 0 unspecified atom stereocenters. The van der Waals surface area contributed by atoms with Crippen molar-refractivity contribution < 1.29 is 9.47 Å². The molecule has 8 heteroatoms. The zero-order valence-electron chi connectivity index (χ0n) is 15.7. The molecule has 0 bridgehead atoms. The van der Waals surface area contributed by atoms with Crippen molar-refractivity contribution in [3.05, 3.63) is 69.2 Å². The number of methoxy groups -OCH3 is 1. The van der Waals surface area contributed by atoms with E-state index in [1.54, 1.807) is 18.0 Å². The van der Waals surface area contributed by atoms with Crippen molar-refractivity contribution in [2.45, 2.75) is 26.4 Å². The van der Waals surface area contributed by atoms with Crippen LogP contribution >= 0.6 is 23.8 Å².